The van der Waals surface area contributed by atoms with Crippen molar-refractivity contribution in [2.45, 2.75) is 20.8 Å². The lowest BCUT2D eigenvalue weighted by Gasteiger charge is -2.09. The predicted molar refractivity (Wildman–Crippen MR) is 70.6 cm³/mol. The number of nitrogens with zero attached hydrogens (tertiary/aromatic N) is 1. The fourth-order valence-electron chi connectivity index (χ4n) is 2.08. The highest BCUT2D eigenvalue weighted by molar-refractivity contribution is 7.19. The summed E-state index contributed by atoms with van der Waals surface area (Å²) in [6.07, 6.45) is 0. The molecule has 3 nitrogen and oxygen atoms in total. The molecule has 0 unspecified atom stereocenters. The third-order valence-electron chi connectivity index (χ3n) is 2.58. The van der Waals surface area contributed by atoms with Crippen molar-refractivity contribution in [3.63, 3.8) is 0 Å². The van der Waals surface area contributed by atoms with E-state index in [9.17, 15) is 0 Å². The molecule has 0 bridgehead atoms. The minimum absolute atomic E-state index is 0.520. The van der Waals surface area contributed by atoms with Crippen molar-refractivity contribution in [1.29, 1.82) is 0 Å². The van der Waals surface area contributed by atoms with Crippen LogP contribution in [0.4, 0.5) is 10.1 Å². The normalized spacial score (nSPS) is 10.7. The van der Waals surface area contributed by atoms with Crippen molar-refractivity contribution in [3.05, 3.63) is 28.8 Å². The van der Waals surface area contributed by atoms with Crippen molar-refractivity contribution in [1.82, 2.24) is 4.98 Å². The Balaban J connectivity index is 2.69. The maximum absolute atomic E-state index is 5.93. The van der Waals surface area contributed by atoms with Gasteiger partial charge >= 0.3 is 0 Å². The summed E-state index contributed by atoms with van der Waals surface area (Å²) in [4.78, 5) is 4.30. The molecular weight excluding hydrogens is 218 g/mol. The minimum Gasteiger partial charge on any atom is -0.389 e. The molecule has 0 radical (unpaired) electrons. The van der Waals surface area contributed by atoms with Crippen LogP contribution in [0.25, 0.3) is 11.3 Å². The van der Waals surface area contributed by atoms with Gasteiger partial charge in [0.15, 0.2) is 5.13 Å². The monoisotopic (exact) mass is 233 g/mol. The quantitative estimate of drug-likeness (QED) is 0.796. The molecule has 0 amide bonds. The highest BCUT2D eigenvalue weighted by atomic mass is 32.1. The topological polar surface area (TPSA) is 64.9 Å². The predicted octanol–water partition coefficient (Wildman–Crippen LogP) is 2.90. The molecule has 1 heterocycles. The van der Waals surface area contributed by atoms with Crippen molar-refractivity contribution in [2.75, 3.05) is 11.5 Å². The van der Waals surface area contributed by atoms with E-state index < -0.39 is 0 Å². The van der Waals surface area contributed by atoms with Gasteiger partial charge in [-0.2, -0.15) is 0 Å². The summed E-state index contributed by atoms with van der Waals surface area (Å²) >= 11 is 1.33. The summed E-state index contributed by atoms with van der Waals surface area (Å²) in [7, 11) is 0. The van der Waals surface area contributed by atoms with Gasteiger partial charge in [-0.15, -0.1) is 0 Å². The molecule has 4 N–H and O–H groups in total. The first kappa shape index (κ1) is 11.0. The lowest BCUT2D eigenvalue weighted by atomic mass is 9.97. The largest absolute Gasteiger partial charge is 0.389 e. The molecule has 16 heavy (non-hydrogen) atoms. The Bertz CT molecular complexity index is 520. The Labute approximate surface area is 99.1 Å². The van der Waals surface area contributed by atoms with Crippen LogP contribution < -0.4 is 11.5 Å². The van der Waals surface area contributed by atoms with Crippen LogP contribution in [0.5, 0.6) is 0 Å². The molecule has 2 aromatic rings. The lowest BCUT2D eigenvalue weighted by Crippen LogP contribution is -1.94. The van der Waals surface area contributed by atoms with E-state index in [0.717, 1.165) is 11.3 Å². The van der Waals surface area contributed by atoms with E-state index in [1.165, 1.54) is 28.0 Å². The summed E-state index contributed by atoms with van der Waals surface area (Å²) in [5.41, 5.74) is 17.2. The molecule has 1 aromatic heterocycles. The first-order valence-electron chi connectivity index (χ1n) is 5.09. The van der Waals surface area contributed by atoms with E-state index in [2.05, 4.69) is 37.9 Å². The average molecular weight is 233 g/mol. The molecule has 0 fully saturated rings. The standard InChI is InChI=1S/C12H15N3S/c1-6-4-7(2)9(8(3)5-6)10-11(13)16-12(14)15-10/h4-5H,13H2,1-3H3,(H2,14,15). The highest BCUT2D eigenvalue weighted by Gasteiger charge is 2.13. The molecule has 4 heteroatoms. The molecular formula is C12H15N3S. The van der Waals surface area contributed by atoms with E-state index in [-0.39, 0.29) is 0 Å². The molecule has 0 aliphatic rings. The number of aromatic nitrogens is 1. The van der Waals surface area contributed by atoms with E-state index in [4.69, 9.17) is 11.5 Å². The molecule has 0 atom stereocenters. The third-order valence-corrected chi connectivity index (χ3v) is 3.30. The number of nitrogen functional groups attached to an aromatic ring is 2. The van der Waals surface area contributed by atoms with Gasteiger partial charge in [-0.3, -0.25) is 0 Å². The molecule has 0 aliphatic heterocycles. The van der Waals surface area contributed by atoms with Gasteiger partial charge in [-0.1, -0.05) is 29.0 Å². The summed E-state index contributed by atoms with van der Waals surface area (Å²) in [6, 6.07) is 4.27. The highest BCUT2D eigenvalue weighted by Crippen LogP contribution is 2.36. The number of hydrogen-bond donors (Lipinski definition) is 2. The number of nitrogens with two attached hydrogens (primary N) is 2. The van der Waals surface area contributed by atoms with Crippen LogP contribution in [0.3, 0.4) is 0 Å². The van der Waals surface area contributed by atoms with Crippen molar-refractivity contribution in [2.24, 2.45) is 0 Å². The zero-order chi connectivity index (χ0) is 11.9. The van der Waals surface area contributed by atoms with Gasteiger partial charge < -0.3 is 11.5 Å². The Kier molecular flexibility index (Phi) is 2.59. The first-order valence-corrected chi connectivity index (χ1v) is 5.90. The second kappa shape index (κ2) is 3.79. The number of rotatable bonds is 1. The first-order chi connectivity index (χ1) is 7.49. The van der Waals surface area contributed by atoms with Crippen LogP contribution in [-0.4, -0.2) is 4.98 Å². The van der Waals surface area contributed by atoms with Crippen molar-refractivity contribution in [3.8, 4) is 11.3 Å². The van der Waals surface area contributed by atoms with Crippen LogP contribution in [0.1, 0.15) is 16.7 Å². The summed E-state index contributed by atoms with van der Waals surface area (Å²) in [6.45, 7) is 6.23. The van der Waals surface area contributed by atoms with Gasteiger partial charge in [0.1, 0.15) is 10.7 Å². The lowest BCUT2D eigenvalue weighted by molar-refractivity contribution is 1.29. The average Bonchev–Trinajstić information content (AvgIpc) is 2.43. The second-order valence-corrected chi connectivity index (χ2v) is 5.10. The van der Waals surface area contributed by atoms with E-state index in [1.807, 2.05) is 0 Å². The fraction of sp³-hybridized carbons (Fsp3) is 0.250. The van der Waals surface area contributed by atoms with Gasteiger partial charge in [-0.25, -0.2) is 4.98 Å². The van der Waals surface area contributed by atoms with E-state index in [0.29, 0.717) is 10.1 Å². The minimum atomic E-state index is 0.520. The number of hydrogen-bond acceptors (Lipinski definition) is 4. The van der Waals surface area contributed by atoms with Crippen LogP contribution in [0.2, 0.25) is 0 Å². The maximum Gasteiger partial charge on any atom is 0.182 e. The van der Waals surface area contributed by atoms with Gasteiger partial charge in [-0.05, 0) is 31.9 Å². The van der Waals surface area contributed by atoms with E-state index >= 15 is 0 Å². The third kappa shape index (κ3) is 1.76. The smallest absolute Gasteiger partial charge is 0.182 e. The Morgan fingerprint density at radius 3 is 2.06 bits per heavy atom. The molecule has 0 saturated carbocycles. The number of anilines is 2. The number of thiazole rings is 1. The van der Waals surface area contributed by atoms with Crippen molar-refractivity contribution >= 4 is 21.5 Å². The van der Waals surface area contributed by atoms with E-state index in [1.54, 1.807) is 0 Å². The summed E-state index contributed by atoms with van der Waals surface area (Å²) < 4.78 is 0. The Hall–Kier alpha value is -1.55. The molecule has 84 valence electrons. The van der Waals surface area contributed by atoms with Crippen LogP contribution in [-0.2, 0) is 0 Å². The molecule has 2 rings (SSSR count). The molecule has 0 aliphatic carbocycles. The fourth-order valence-corrected chi connectivity index (χ4v) is 2.69. The van der Waals surface area contributed by atoms with Crippen LogP contribution in [0, 0.1) is 20.8 Å². The Morgan fingerprint density at radius 2 is 1.62 bits per heavy atom. The Morgan fingerprint density at radius 1 is 1.06 bits per heavy atom. The van der Waals surface area contributed by atoms with Gasteiger partial charge in [0.2, 0.25) is 0 Å². The summed E-state index contributed by atoms with van der Waals surface area (Å²) in [5.74, 6) is 0. The van der Waals surface area contributed by atoms with Gasteiger partial charge in [0, 0.05) is 5.56 Å². The number of aryl methyl sites for hydroxylation is 3. The SMILES string of the molecule is Cc1cc(C)c(-c2nc(N)sc2N)c(C)c1. The number of benzene rings is 1. The van der Waals surface area contributed by atoms with Crippen LogP contribution >= 0.6 is 11.3 Å². The zero-order valence-corrected chi connectivity index (χ0v) is 10.5. The molecule has 1 aromatic carbocycles. The van der Waals surface area contributed by atoms with Crippen LogP contribution in [0.15, 0.2) is 12.1 Å². The second-order valence-electron chi connectivity index (χ2n) is 4.04. The zero-order valence-electron chi connectivity index (χ0n) is 9.66. The molecule has 0 saturated heterocycles. The van der Waals surface area contributed by atoms with Gasteiger partial charge in [0.25, 0.3) is 0 Å². The van der Waals surface area contributed by atoms with Crippen molar-refractivity contribution < 1.29 is 0 Å². The van der Waals surface area contributed by atoms with Gasteiger partial charge in [0.05, 0.1) is 0 Å². The summed E-state index contributed by atoms with van der Waals surface area (Å²) in [5, 5.41) is 1.21. The molecule has 0 spiro atoms. The maximum atomic E-state index is 5.93.